The van der Waals surface area contributed by atoms with E-state index >= 15 is 0 Å². The summed E-state index contributed by atoms with van der Waals surface area (Å²) in [5, 5.41) is 0.916. The smallest absolute Gasteiger partial charge is 0.297 e. The Labute approximate surface area is 191 Å². The number of carbonyl (C=O) groups is 1. The maximum atomic E-state index is 12.7. The number of carbonyl (C=O) groups excluding carboxylic acids is 1. The summed E-state index contributed by atoms with van der Waals surface area (Å²) in [7, 11) is 0. The number of rotatable bonds is 7. The van der Waals surface area contributed by atoms with Crippen LogP contribution in [0.5, 0.6) is 5.75 Å². The van der Waals surface area contributed by atoms with Gasteiger partial charge < -0.3 is 14.1 Å². The number of furan rings is 1. The van der Waals surface area contributed by atoms with Crippen LogP contribution in [-0.2, 0) is 0 Å². The van der Waals surface area contributed by atoms with E-state index in [9.17, 15) is 4.79 Å². The van der Waals surface area contributed by atoms with Gasteiger partial charge in [-0.25, -0.2) is 0 Å². The van der Waals surface area contributed by atoms with Gasteiger partial charge in [0.25, 0.3) is 5.91 Å². The van der Waals surface area contributed by atoms with Gasteiger partial charge in [-0.1, -0.05) is 42.5 Å². The summed E-state index contributed by atoms with van der Waals surface area (Å²) in [5.41, 5.74) is 3.21. The standard InChI is InChI=1S/C26H24N2O3S/c1-2-30-22-10-6-7-11-25(22)32-27-26(29)24-14-19-12-13-21(15-23(19)31-24)28-16-20(17-28)18-8-4-3-5-9-18/h3-15,20H,2,16-17H2,1H3,(H,27,29). The summed E-state index contributed by atoms with van der Waals surface area (Å²) < 4.78 is 14.3. The molecular weight excluding hydrogens is 420 g/mol. The molecule has 5 rings (SSSR count). The molecule has 0 atom stereocenters. The maximum absolute atomic E-state index is 12.7. The Hall–Kier alpha value is -3.38. The van der Waals surface area contributed by atoms with Crippen LogP contribution in [0.4, 0.5) is 5.69 Å². The van der Waals surface area contributed by atoms with Gasteiger partial charge in [0, 0.05) is 36.1 Å². The van der Waals surface area contributed by atoms with Gasteiger partial charge in [-0.3, -0.25) is 9.52 Å². The van der Waals surface area contributed by atoms with Crippen molar-refractivity contribution in [3.8, 4) is 5.75 Å². The van der Waals surface area contributed by atoms with E-state index in [4.69, 9.17) is 9.15 Å². The molecule has 0 radical (unpaired) electrons. The van der Waals surface area contributed by atoms with Crippen LogP contribution in [0, 0.1) is 0 Å². The third kappa shape index (κ3) is 4.18. The third-order valence-electron chi connectivity index (χ3n) is 5.65. The van der Waals surface area contributed by atoms with E-state index in [1.54, 1.807) is 6.07 Å². The molecule has 1 amide bonds. The van der Waals surface area contributed by atoms with E-state index in [-0.39, 0.29) is 5.91 Å². The van der Waals surface area contributed by atoms with Crippen molar-refractivity contribution in [1.29, 1.82) is 0 Å². The van der Waals surface area contributed by atoms with Crippen LogP contribution < -0.4 is 14.4 Å². The fourth-order valence-electron chi connectivity index (χ4n) is 3.91. The van der Waals surface area contributed by atoms with Gasteiger partial charge in [-0.05, 0) is 54.8 Å². The summed E-state index contributed by atoms with van der Waals surface area (Å²) >= 11 is 1.23. The number of anilines is 1. The van der Waals surface area contributed by atoms with Gasteiger partial charge in [-0.15, -0.1) is 0 Å². The van der Waals surface area contributed by atoms with Gasteiger partial charge in [0.2, 0.25) is 0 Å². The van der Waals surface area contributed by atoms with Gasteiger partial charge in [0.05, 0.1) is 11.5 Å². The molecule has 0 bridgehead atoms. The molecule has 1 N–H and O–H groups in total. The van der Waals surface area contributed by atoms with Crippen molar-refractivity contribution in [3.63, 3.8) is 0 Å². The molecule has 2 heterocycles. The van der Waals surface area contributed by atoms with Gasteiger partial charge in [0.15, 0.2) is 5.76 Å². The van der Waals surface area contributed by atoms with E-state index < -0.39 is 0 Å². The molecule has 1 fully saturated rings. The lowest BCUT2D eigenvalue weighted by Crippen LogP contribution is -2.44. The minimum Gasteiger partial charge on any atom is -0.493 e. The Balaban J connectivity index is 1.25. The highest BCUT2D eigenvalue weighted by Gasteiger charge is 2.28. The Morgan fingerprint density at radius 3 is 2.66 bits per heavy atom. The first kappa shape index (κ1) is 20.5. The van der Waals surface area contributed by atoms with Crippen molar-refractivity contribution in [2.24, 2.45) is 0 Å². The normalized spacial score (nSPS) is 13.7. The van der Waals surface area contributed by atoms with Crippen molar-refractivity contribution in [2.45, 2.75) is 17.7 Å². The Kier molecular flexibility index (Phi) is 5.77. The van der Waals surface area contributed by atoms with E-state index in [0.29, 0.717) is 18.3 Å². The van der Waals surface area contributed by atoms with Gasteiger partial charge in [-0.2, -0.15) is 0 Å². The topological polar surface area (TPSA) is 54.7 Å². The summed E-state index contributed by atoms with van der Waals surface area (Å²) in [5.74, 6) is 1.33. The Morgan fingerprint density at radius 2 is 1.84 bits per heavy atom. The lowest BCUT2D eigenvalue weighted by molar-refractivity contribution is 0.0959. The number of ether oxygens (including phenoxy) is 1. The Morgan fingerprint density at radius 1 is 1.06 bits per heavy atom. The second-order valence-corrected chi connectivity index (χ2v) is 8.61. The van der Waals surface area contributed by atoms with Gasteiger partial charge >= 0.3 is 0 Å². The highest BCUT2D eigenvalue weighted by molar-refractivity contribution is 7.98. The monoisotopic (exact) mass is 444 g/mol. The highest BCUT2D eigenvalue weighted by Crippen LogP contribution is 2.34. The molecule has 1 aliphatic rings. The van der Waals surface area contributed by atoms with Crippen LogP contribution in [0.25, 0.3) is 11.0 Å². The van der Waals surface area contributed by atoms with Crippen molar-refractivity contribution in [3.05, 3.63) is 90.2 Å². The first-order valence-electron chi connectivity index (χ1n) is 10.7. The fraction of sp³-hybridized carbons (Fsp3) is 0.192. The fourth-order valence-corrected chi connectivity index (χ4v) is 4.59. The quantitative estimate of drug-likeness (QED) is 0.361. The van der Waals surface area contributed by atoms with Crippen LogP contribution in [0.2, 0.25) is 0 Å². The second-order valence-electron chi connectivity index (χ2n) is 7.76. The van der Waals surface area contributed by atoms with Crippen LogP contribution in [0.3, 0.4) is 0 Å². The maximum Gasteiger partial charge on any atom is 0.297 e. The number of fused-ring (bicyclic) bond motifs is 1. The molecule has 1 saturated heterocycles. The van der Waals surface area contributed by atoms with E-state index in [1.165, 1.54) is 17.5 Å². The summed E-state index contributed by atoms with van der Waals surface area (Å²) in [6, 6.07) is 26.1. The number of benzene rings is 3. The highest BCUT2D eigenvalue weighted by atomic mass is 32.2. The van der Waals surface area contributed by atoms with Crippen molar-refractivity contribution < 1.29 is 13.9 Å². The first-order chi connectivity index (χ1) is 15.7. The van der Waals surface area contributed by atoms with Crippen LogP contribution in [0.1, 0.15) is 29.0 Å². The van der Waals surface area contributed by atoms with E-state index in [2.05, 4.69) is 46.0 Å². The summed E-state index contributed by atoms with van der Waals surface area (Å²) in [4.78, 5) is 15.9. The van der Waals surface area contributed by atoms with Crippen molar-refractivity contribution >= 4 is 34.5 Å². The number of nitrogens with one attached hydrogen (secondary N) is 1. The summed E-state index contributed by atoms with van der Waals surface area (Å²) in [6.45, 7) is 4.48. The SMILES string of the molecule is CCOc1ccccc1SNC(=O)c1cc2ccc(N3CC(c4ccccc4)C3)cc2o1. The van der Waals surface area contributed by atoms with E-state index in [1.807, 2.05) is 43.3 Å². The van der Waals surface area contributed by atoms with Crippen LogP contribution >= 0.6 is 11.9 Å². The van der Waals surface area contributed by atoms with E-state index in [0.717, 1.165) is 40.4 Å². The molecule has 6 heteroatoms. The first-order valence-corrected chi connectivity index (χ1v) is 11.6. The van der Waals surface area contributed by atoms with Crippen molar-refractivity contribution in [2.75, 3.05) is 24.6 Å². The predicted molar refractivity (Wildman–Crippen MR) is 129 cm³/mol. The molecule has 0 unspecified atom stereocenters. The summed E-state index contributed by atoms with van der Waals surface area (Å²) in [6.07, 6.45) is 0. The molecule has 32 heavy (non-hydrogen) atoms. The third-order valence-corrected chi connectivity index (χ3v) is 6.49. The number of nitrogens with zero attached hydrogens (tertiary/aromatic N) is 1. The largest absolute Gasteiger partial charge is 0.493 e. The molecule has 0 spiro atoms. The zero-order valence-electron chi connectivity index (χ0n) is 17.8. The predicted octanol–water partition coefficient (Wildman–Crippen LogP) is 5.87. The lowest BCUT2D eigenvalue weighted by Gasteiger charge is -2.41. The molecule has 1 aliphatic heterocycles. The number of hydrogen-bond acceptors (Lipinski definition) is 5. The Bertz CT molecular complexity index is 1230. The zero-order chi connectivity index (χ0) is 21.9. The number of hydrogen-bond donors (Lipinski definition) is 1. The van der Waals surface area contributed by atoms with Gasteiger partial charge in [0.1, 0.15) is 11.3 Å². The minimum atomic E-state index is -0.271. The van der Waals surface area contributed by atoms with Crippen LogP contribution in [0.15, 0.2) is 88.2 Å². The second kappa shape index (κ2) is 9.01. The average molecular weight is 445 g/mol. The number of amides is 1. The minimum absolute atomic E-state index is 0.271. The molecule has 162 valence electrons. The average Bonchev–Trinajstić information content (AvgIpc) is 3.22. The molecular formula is C26H24N2O3S. The molecule has 4 aromatic rings. The molecule has 0 aliphatic carbocycles. The molecule has 5 nitrogen and oxygen atoms in total. The zero-order valence-corrected chi connectivity index (χ0v) is 18.6. The molecule has 1 aromatic heterocycles. The molecule has 3 aromatic carbocycles. The lowest BCUT2D eigenvalue weighted by atomic mass is 9.91. The number of para-hydroxylation sites is 1. The molecule has 0 saturated carbocycles. The van der Waals surface area contributed by atoms with Crippen LogP contribution in [-0.4, -0.2) is 25.6 Å². The van der Waals surface area contributed by atoms with Crippen molar-refractivity contribution in [1.82, 2.24) is 4.72 Å².